The molecule has 0 radical (unpaired) electrons. The second kappa shape index (κ2) is 3.31. The molecular formula is C11H18N2O. The first-order valence-corrected chi connectivity index (χ1v) is 5.79. The Labute approximate surface area is 84.8 Å². The molecular weight excluding hydrogens is 176 g/mol. The molecule has 3 saturated heterocycles. The van der Waals surface area contributed by atoms with Crippen molar-refractivity contribution in [2.75, 3.05) is 26.2 Å². The summed E-state index contributed by atoms with van der Waals surface area (Å²) in [5.41, 5.74) is 0. The van der Waals surface area contributed by atoms with Gasteiger partial charge >= 0.3 is 0 Å². The van der Waals surface area contributed by atoms with Crippen molar-refractivity contribution >= 4 is 5.78 Å². The van der Waals surface area contributed by atoms with Crippen molar-refractivity contribution in [3.63, 3.8) is 0 Å². The molecule has 3 aliphatic rings. The van der Waals surface area contributed by atoms with Crippen LogP contribution in [0.5, 0.6) is 0 Å². The van der Waals surface area contributed by atoms with Crippen LogP contribution < -0.4 is 5.32 Å². The summed E-state index contributed by atoms with van der Waals surface area (Å²) in [5.74, 6) is 2.07. The topological polar surface area (TPSA) is 32.3 Å². The minimum absolute atomic E-state index is 0.482. The van der Waals surface area contributed by atoms with Crippen LogP contribution in [0.15, 0.2) is 0 Å². The zero-order valence-electron chi connectivity index (χ0n) is 8.54. The van der Waals surface area contributed by atoms with E-state index >= 15 is 0 Å². The highest BCUT2D eigenvalue weighted by Crippen LogP contribution is 2.33. The van der Waals surface area contributed by atoms with Gasteiger partial charge in [0.2, 0.25) is 0 Å². The Morgan fingerprint density at radius 2 is 2.29 bits per heavy atom. The van der Waals surface area contributed by atoms with Gasteiger partial charge in [-0.3, -0.25) is 9.69 Å². The van der Waals surface area contributed by atoms with E-state index < -0.39 is 0 Å². The number of hydrogen-bond acceptors (Lipinski definition) is 3. The fraction of sp³-hybridized carbons (Fsp3) is 0.909. The summed E-state index contributed by atoms with van der Waals surface area (Å²) >= 11 is 0. The van der Waals surface area contributed by atoms with Gasteiger partial charge in [-0.05, 0) is 31.3 Å². The van der Waals surface area contributed by atoms with Gasteiger partial charge in [-0.25, -0.2) is 0 Å². The number of rotatable bonds is 0. The second-order valence-electron chi connectivity index (χ2n) is 5.08. The van der Waals surface area contributed by atoms with Crippen molar-refractivity contribution in [3.05, 3.63) is 0 Å². The van der Waals surface area contributed by atoms with Crippen molar-refractivity contribution in [2.45, 2.75) is 25.3 Å². The molecule has 0 unspecified atom stereocenters. The predicted molar refractivity (Wildman–Crippen MR) is 54.1 cm³/mol. The molecule has 3 atom stereocenters. The smallest absolute Gasteiger partial charge is 0.135 e. The molecule has 0 spiro atoms. The molecule has 2 bridgehead atoms. The Hall–Kier alpha value is -0.410. The van der Waals surface area contributed by atoms with E-state index in [0.717, 1.165) is 37.8 Å². The van der Waals surface area contributed by atoms with Crippen molar-refractivity contribution < 1.29 is 4.79 Å². The molecule has 0 aromatic heterocycles. The number of piperidine rings is 3. The summed E-state index contributed by atoms with van der Waals surface area (Å²) in [6.45, 7) is 4.57. The molecule has 3 rings (SSSR count). The van der Waals surface area contributed by atoms with E-state index in [2.05, 4.69) is 10.2 Å². The first kappa shape index (κ1) is 8.86. The van der Waals surface area contributed by atoms with Crippen molar-refractivity contribution in [1.82, 2.24) is 10.2 Å². The standard InChI is InChI=1S/C11H18N2O/c14-10-1-2-13-7-8-3-9(6-12-5-8)11(13)4-10/h8-9,11-12H,1-7H2/t8-,9+,11+/m1/s1. The zero-order valence-corrected chi connectivity index (χ0v) is 8.54. The minimum Gasteiger partial charge on any atom is -0.316 e. The van der Waals surface area contributed by atoms with Crippen LogP contribution in [0.4, 0.5) is 0 Å². The number of nitrogens with zero attached hydrogens (tertiary/aromatic N) is 1. The van der Waals surface area contributed by atoms with Crippen LogP contribution >= 0.6 is 0 Å². The van der Waals surface area contributed by atoms with Crippen molar-refractivity contribution in [1.29, 1.82) is 0 Å². The molecule has 0 aliphatic carbocycles. The minimum atomic E-state index is 0.482. The third-order valence-corrected chi connectivity index (χ3v) is 4.10. The lowest BCUT2D eigenvalue weighted by molar-refractivity contribution is -0.126. The third kappa shape index (κ3) is 1.39. The van der Waals surface area contributed by atoms with Gasteiger partial charge in [-0.1, -0.05) is 0 Å². The molecule has 3 heteroatoms. The van der Waals surface area contributed by atoms with Crippen molar-refractivity contribution in [3.8, 4) is 0 Å². The second-order valence-corrected chi connectivity index (χ2v) is 5.08. The number of Topliss-reactive ketones (excluding diaryl/α,β-unsaturated/α-hetero) is 1. The van der Waals surface area contributed by atoms with Gasteiger partial charge in [0.1, 0.15) is 5.78 Å². The van der Waals surface area contributed by atoms with E-state index in [9.17, 15) is 4.79 Å². The maximum Gasteiger partial charge on any atom is 0.135 e. The lowest BCUT2D eigenvalue weighted by Crippen LogP contribution is -2.59. The van der Waals surface area contributed by atoms with Gasteiger partial charge in [0.25, 0.3) is 0 Å². The number of carbonyl (C=O) groups excluding carboxylic acids is 1. The summed E-state index contributed by atoms with van der Waals surface area (Å²) in [4.78, 5) is 14.0. The maximum absolute atomic E-state index is 11.4. The van der Waals surface area contributed by atoms with Gasteiger partial charge in [-0.2, -0.15) is 0 Å². The molecule has 0 saturated carbocycles. The first-order chi connectivity index (χ1) is 6.83. The first-order valence-electron chi connectivity index (χ1n) is 5.79. The van der Waals surface area contributed by atoms with Crippen LogP contribution in [-0.4, -0.2) is 42.9 Å². The molecule has 14 heavy (non-hydrogen) atoms. The van der Waals surface area contributed by atoms with Crippen molar-refractivity contribution in [2.24, 2.45) is 11.8 Å². The highest BCUT2D eigenvalue weighted by atomic mass is 16.1. The Kier molecular flexibility index (Phi) is 2.10. The number of carbonyl (C=O) groups is 1. The van der Waals surface area contributed by atoms with Gasteiger partial charge < -0.3 is 5.32 Å². The van der Waals surface area contributed by atoms with Gasteiger partial charge in [-0.15, -0.1) is 0 Å². The summed E-state index contributed by atoms with van der Waals surface area (Å²) in [6.07, 6.45) is 2.96. The molecule has 1 N–H and O–H groups in total. The molecule has 0 amide bonds. The van der Waals surface area contributed by atoms with E-state index in [-0.39, 0.29) is 0 Å². The Balaban J connectivity index is 1.78. The summed E-state index contributed by atoms with van der Waals surface area (Å²) < 4.78 is 0. The normalized spacial score (nSPS) is 43.4. The SMILES string of the molecule is O=C1CCN2C[C@H]3CNC[C@H](C3)[C@@H]2C1. The number of fused-ring (bicyclic) bond motifs is 4. The number of hydrogen-bond donors (Lipinski definition) is 1. The molecule has 78 valence electrons. The quantitative estimate of drug-likeness (QED) is 0.600. The lowest BCUT2D eigenvalue weighted by atomic mass is 9.76. The fourth-order valence-corrected chi connectivity index (χ4v) is 3.42. The average Bonchev–Trinajstić information content (AvgIpc) is 2.20. The van der Waals surface area contributed by atoms with Gasteiger partial charge in [0.15, 0.2) is 0 Å². The highest BCUT2D eigenvalue weighted by molar-refractivity contribution is 5.80. The summed E-state index contributed by atoms with van der Waals surface area (Å²) in [7, 11) is 0. The largest absolute Gasteiger partial charge is 0.316 e. The maximum atomic E-state index is 11.4. The molecule has 3 heterocycles. The Morgan fingerprint density at radius 3 is 3.21 bits per heavy atom. The van der Waals surface area contributed by atoms with Crippen LogP contribution in [0.25, 0.3) is 0 Å². The molecule has 3 nitrogen and oxygen atoms in total. The van der Waals surface area contributed by atoms with E-state index in [1.54, 1.807) is 0 Å². The summed E-state index contributed by atoms with van der Waals surface area (Å²) in [5, 5.41) is 3.50. The Morgan fingerprint density at radius 1 is 1.36 bits per heavy atom. The van der Waals surface area contributed by atoms with E-state index in [4.69, 9.17) is 0 Å². The fourth-order valence-electron chi connectivity index (χ4n) is 3.42. The number of nitrogens with one attached hydrogen (secondary N) is 1. The van der Waals surface area contributed by atoms with E-state index in [1.165, 1.54) is 19.5 Å². The highest BCUT2D eigenvalue weighted by Gasteiger charge is 2.40. The monoisotopic (exact) mass is 194 g/mol. The lowest BCUT2D eigenvalue weighted by Gasteiger charge is -2.49. The van der Waals surface area contributed by atoms with Gasteiger partial charge in [0.05, 0.1) is 0 Å². The average molecular weight is 194 g/mol. The van der Waals surface area contributed by atoms with Crippen LogP contribution in [0, 0.1) is 11.8 Å². The van der Waals surface area contributed by atoms with Crippen LogP contribution in [-0.2, 0) is 4.79 Å². The zero-order chi connectivity index (χ0) is 9.54. The van der Waals surface area contributed by atoms with Crippen LogP contribution in [0.1, 0.15) is 19.3 Å². The summed E-state index contributed by atoms with van der Waals surface area (Å²) in [6, 6.07) is 0.570. The molecule has 0 aromatic carbocycles. The van der Waals surface area contributed by atoms with E-state index in [0.29, 0.717) is 11.8 Å². The van der Waals surface area contributed by atoms with Crippen LogP contribution in [0.3, 0.4) is 0 Å². The molecule has 0 aromatic rings. The predicted octanol–water partition coefficient (Wildman–Crippen LogP) is 0.259. The van der Waals surface area contributed by atoms with E-state index in [1.807, 2.05) is 0 Å². The Bertz CT molecular complexity index is 252. The molecule has 3 aliphatic heterocycles. The van der Waals surface area contributed by atoms with Crippen LogP contribution in [0.2, 0.25) is 0 Å². The molecule has 3 fully saturated rings. The third-order valence-electron chi connectivity index (χ3n) is 4.10. The van der Waals surface area contributed by atoms with Gasteiger partial charge in [0, 0.05) is 32.0 Å². The number of ketones is 1.